The van der Waals surface area contributed by atoms with E-state index in [1.807, 2.05) is 0 Å². The lowest BCUT2D eigenvalue weighted by molar-refractivity contribution is 0.641. The molecule has 4 aromatic rings. The molecule has 4 aromatic carbocycles. The van der Waals surface area contributed by atoms with Gasteiger partial charge in [0.2, 0.25) is 0 Å². The van der Waals surface area contributed by atoms with Crippen LogP contribution < -0.4 is 0 Å². The van der Waals surface area contributed by atoms with E-state index in [9.17, 15) is 0 Å². The Morgan fingerprint density at radius 2 is 0.698 bits per heavy atom. The smallest absolute Gasteiger partial charge is 0.0146 e. The fourth-order valence-electron chi connectivity index (χ4n) is 5.68. The molecule has 0 N–H and O–H groups in total. The molecule has 4 rings (SSSR count). The Bertz CT molecular complexity index is 1280. The summed E-state index contributed by atoms with van der Waals surface area (Å²) in [5.74, 6) is 0. The van der Waals surface area contributed by atoms with Crippen molar-refractivity contribution in [1.82, 2.24) is 0 Å². The van der Waals surface area contributed by atoms with Crippen LogP contribution in [-0.4, -0.2) is 0 Å². The molecule has 0 unspecified atom stereocenters. The predicted molar refractivity (Wildman–Crippen MR) is 191 cm³/mol. The molecular weight excluding hydrogens is 516 g/mol. The molecule has 0 amide bonds. The topological polar surface area (TPSA) is 0 Å². The second kappa shape index (κ2) is 16.9. The van der Waals surface area contributed by atoms with Crippen molar-refractivity contribution in [2.75, 3.05) is 0 Å². The fraction of sp³-hybridized carbons (Fsp3) is 0.349. The highest BCUT2D eigenvalue weighted by Crippen LogP contribution is 2.32. The summed E-state index contributed by atoms with van der Waals surface area (Å²) in [6, 6.07) is 36.2. The molecule has 0 heteroatoms. The largest absolute Gasteiger partial charge is 0.0654 e. The van der Waals surface area contributed by atoms with E-state index in [1.54, 1.807) is 0 Å². The minimum atomic E-state index is -0.0651. The van der Waals surface area contributed by atoms with Crippen molar-refractivity contribution in [2.24, 2.45) is 0 Å². The predicted octanol–water partition coefficient (Wildman–Crippen LogP) is 12.6. The first-order valence-electron chi connectivity index (χ1n) is 16.7. The van der Waals surface area contributed by atoms with Crippen molar-refractivity contribution in [3.63, 3.8) is 0 Å². The molecule has 0 radical (unpaired) electrons. The summed E-state index contributed by atoms with van der Waals surface area (Å²) in [5.41, 5.74) is 10.5. The Hall–Kier alpha value is -3.64. The van der Waals surface area contributed by atoms with Crippen LogP contribution in [-0.2, 0) is 18.3 Å². The maximum Gasteiger partial charge on any atom is 0.0146 e. The first-order chi connectivity index (χ1) is 21.0. The van der Waals surface area contributed by atoms with E-state index in [0.29, 0.717) is 0 Å². The van der Waals surface area contributed by atoms with E-state index >= 15 is 0 Å². The molecule has 0 aliphatic carbocycles. The minimum absolute atomic E-state index is 0.0651. The molecule has 43 heavy (non-hydrogen) atoms. The summed E-state index contributed by atoms with van der Waals surface area (Å²) in [5, 5.41) is 0. The molecule has 0 spiro atoms. The Morgan fingerprint density at radius 1 is 0.395 bits per heavy atom. The Morgan fingerprint density at radius 3 is 1.00 bits per heavy atom. The van der Waals surface area contributed by atoms with Gasteiger partial charge in [0.25, 0.3) is 0 Å². The SMILES string of the molecule is CCCCCCc1ccc(/C=C/c2ccc(C(C)(C)c3ccc(/C=C/c4ccc(CCCCCC)cc4)cc3)cc2)cc1. The first-order valence-corrected chi connectivity index (χ1v) is 16.7. The van der Waals surface area contributed by atoms with Crippen molar-refractivity contribution in [3.05, 3.63) is 142 Å². The summed E-state index contributed by atoms with van der Waals surface area (Å²) in [6.07, 6.45) is 21.8. The summed E-state index contributed by atoms with van der Waals surface area (Å²) in [7, 11) is 0. The van der Waals surface area contributed by atoms with Crippen molar-refractivity contribution in [1.29, 1.82) is 0 Å². The van der Waals surface area contributed by atoms with Crippen LogP contribution in [0.2, 0.25) is 0 Å². The molecule has 0 atom stereocenters. The van der Waals surface area contributed by atoms with Crippen LogP contribution >= 0.6 is 0 Å². The summed E-state index contributed by atoms with van der Waals surface area (Å²) < 4.78 is 0. The van der Waals surface area contributed by atoms with Gasteiger partial charge in [0.1, 0.15) is 0 Å². The molecule has 0 aliphatic rings. The lowest BCUT2D eigenvalue weighted by Gasteiger charge is -2.26. The molecule has 0 fully saturated rings. The lowest BCUT2D eigenvalue weighted by Crippen LogP contribution is -2.18. The first kappa shape index (κ1) is 32.3. The third-order valence-corrected chi connectivity index (χ3v) is 8.80. The molecular formula is C43H52. The van der Waals surface area contributed by atoms with Crippen LogP contribution in [0.5, 0.6) is 0 Å². The molecule has 0 bridgehead atoms. The number of aryl methyl sites for hydroxylation is 2. The second-order valence-electron chi connectivity index (χ2n) is 12.6. The van der Waals surface area contributed by atoms with Gasteiger partial charge in [-0.25, -0.2) is 0 Å². The van der Waals surface area contributed by atoms with E-state index in [1.165, 1.54) is 109 Å². The van der Waals surface area contributed by atoms with Crippen molar-refractivity contribution < 1.29 is 0 Å². The van der Waals surface area contributed by atoms with Gasteiger partial charge in [-0.3, -0.25) is 0 Å². The number of hydrogen-bond acceptors (Lipinski definition) is 0. The van der Waals surface area contributed by atoms with Crippen LogP contribution in [0, 0.1) is 0 Å². The molecule has 0 saturated carbocycles. The van der Waals surface area contributed by atoms with Crippen LogP contribution in [0.1, 0.15) is 124 Å². The van der Waals surface area contributed by atoms with Crippen molar-refractivity contribution in [3.8, 4) is 0 Å². The molecule has 224 valence electrons. The van der Waals surface area contributed by atoms with Gasteiger partial charge in [0.05, 0.1) is 0 Å². The van der Waals surface area contributed by atoms with E-state index in [-0.39, 0.29) is 5.41 Å². The number of unbranched alkanes of at least 4 members (excludes halogenated alkanes) is 6. The summed E-state index contributed by atoms with van der Waals surface area (Å²) in [6.45, 7) is 9.17. The monoisotopic (exact) mass is 568 g/mol. The van der Waals surface area contributed by atoms with E-state index < -0.39 is 0 Å². The number of rotatable bonds is 16. The molecule has 0 saturated heterocycles. The third kappa shape index (κ3) is 10.2. The highest BCUT2D eigenvalue weighted by molar-refractivity contribution is 5.71. The molecule has 0 aromatic heterocycles. The maximum absolute atomic E-state index is 2.32. The fourth-order valence-corrected chi connectivity index (χ4v) is 5.68. The zero-order chi connectivity index (χ0) is 30.3. The number of benzene rings is 4. The standard InChI is InChI=1S/C43H52/c1-5-7-9-11-13-35-15-19-37(20-16-35)23-25-39-27-31-41(32-28-39)43(3,4)42-33-29-40(30-34-42)26-24-38-21-17-36(18-22-38)14-12-10-8-6-2/h15-34H,5-14H2,1-4H3/b25-23+,26-24+. The Labute approximate surface area is 262 Å². The quantitative estimate of drug-likeness (QED) is 0.0931. The summed E-state index contributed by atoms with van der Waals surface area (Å²) >= 11 is 0. The Kier molecular flexibility index (Phi) is 12.7. The maximum atomic E-state index is 2.32. The van der Waals surface area contributed by atoms with E-state index in [0.717, 1.165) is 0 Å². The lowest BCUT2D eigenvalue weighted by atomic mass is 9.78. The van der Waals surface area contributed by atoms with Gasteiger partial charge >= 0.3 is 0 Å². The zero-order valence-corrected chi connectivity index (χ0v) is 27.1. The van der Waals surface area contributed by atoms with E-state index in [2.05, 4.69) is 149 Å². The highest BCUT2D eigenvalue weighted by Gasteiger charge is 2.22. The number of hydrogen-bond donors (Lipinski definition) is 0. The Balaban J connectivity index is 1.31. The van der Waals surface area contributed by atoms with E-state index in [4.69, 9.17) is 0 Å². The van der Waals surface area contributed by atoms with Gasteiger partial charge in [-0.1, -0.05) is 188 Å². The van der Waals surface area contributed by atoms with Gasteiger partial charge in [0.15, 0.2) is 0 Å². The van der Waals surface area contributed by atoms with Crippen molar-refractivity contribution >= 4 is 24.3 Å². The minimum Gasteiger partial charge on any atom is -0.0654 e. The molecule has 0 nitrogen and oxygen atoms in total. The van der Waals surface area contributed by atoms with Crippen LogP contribution in [0.25, 0.3) is 24.3 Å². The van der Waals surface area contributed by atoms with Crippen LogP contribution in [0.4, 0.5) is 0 Å². The summed E-state index contributed by atoms with van der Waals surface area (Å²) in [4.78, 5) is 0. The molecule has 0 heterocycles. The second-order valence-corrected chi connectivity index (χ2v) is 12.6. The average molecular weight is 569 g/mol. The highest BCUT2D eigenvalue weighted by atomic mass is 14.3. The van der Waals surface area contributed by atoms with Gasteiger partial charge in [0, 0.05) is 5.41 Å². The van der Waals surface area contributed by atoms with Crippen LogP contribution in [0.15, 0.2) is 97.1 Å². The van der Waals surface area contributed by atoms with Gasteiger partial charge < -0.3 is 0 Å². The van der Waals surface area contributed by atoms with Gasteiger partial charge in [-0.2, -0.15) is 0 Å². The normalized spacial score (nSPS) is 12.0. The van der Waals surface area contributed by atoms with Crippen LogP contribution in [0.3, 0.4) is 0 Å². The molecule has 0 aliphatic heterocycles. The van der Waals surface area contributed by atoms with Gasteiger partial charge in [-0.05, 0) is 70.2 Å². The van der Waals surface area contributed by atoms with Crippen molar-refractivity contribution in [2.45, 2.75) is 97.3 Å². The zero-order valence-electron chi connectivity index (χ0n) is 27.1. The average Bonchev–Trinajstić information content (AvgIpc) is 3.05. The third-order valence-electron chi connectivity index (χ3n) is 8.80. The van der Waals surface area contributed by atoms with Gasteiger partial charge in [-0.15, -0.1) is 0 Å².